The summed E-state index contributed by atoms with van der Waals surface area (Å²) in [4.78, 5) is 3.54. The lowest BCUT2D eigenvalue weighted by molar-refractivity contribution is 0.937. The van der Waals surface area contributed by atoms with Gasteiger partial charge in [-0.3, -0.25) is 0 Å². The van der Waals surface area contributed by atoms with E-state index < -0.39 is 0 Å². The number of nitrogens with zero attached hydrogens (tertiary/aromatic N) is 1. The molecule has 0 bridgehead atoms. The third-order valence-corrected chi connectivity index (χ3v) is 4.32. The standard InChI is InChI=1S/C12H13BrN2S/c1-15(8-12-11(13)6-7-16-12)10-4-2-9(14)3-5-10/h2-7H,8,14H2,1H3. The minimum absolute atomic E-state index is 0.800. The molecule has 0 aliphatic rings. The van der Waals surface area contributed by atoms with Crippen LogP contribution < -0.4 is 10.6 Å². The Bertz CT molecular complexity index is 464. The van der Waals surface area contributed by atoms with Gasteiger partial charge in [0.15, 0.2) is 0 Å². The van der Waals surface area contributed by atoms with Crippen LogP contribution in [-0.4, -0.2) is 7.05 Å². The van der Waals surface area contributed by atoms with E-state index in [9.17, 15) is 0 Å². The number of nitrogens with two attached hydrogens (primary N) is 1. The number of nitrogen functional groups attached to an aromatic ring is 1. The maximum Gasteiger partial charge on any atom is 0.0530 e. The molecule has 1 aromatic heterocycles. The SMILES string of the molecule is CN(Cc1sccc1Br)c1ccc(N)cc1. The highest BCUT2D eigenvalue weighted by Crippen LogP contribution is 2.26. The van der Waals surface area contributed by atoms with Crippen LogP contribution >= 0.6 is 27.3 Å². The van der Waals surface area contributed by atoms with Gasteiger partial charge in [-0.1, -0.05) is 0 Å². The summed E-state index contributed by atoms with van der Waals surface area (Å²) in [5, 5.41) is 2.09. The topological polar surface area (TPSA) is 29.3 Å². The molecule has 84 valence electrons. The molecule has 1 aromatic carbocycles. The van der Waals surface area contributed by atoms with Gasteiger partial charge in [0, 0.05) is 27.8 Å². The molecular weight excluding hydrogens is 284 g/mol. The van der Waals surface area contributed by atoms with Gasteiger partial charge in [0.25, 0.3) is 0 Å². The Morgan fingerprint density at radius 2 is 1.94 bits per heavy atom. The fraction of sp³-hybridized carbons (Fsp3) is 0.167. The monoisotopic (exact) mass is 296 g/mol. The Morgan fingerprint density at radius 1 is 1.25 bits per heavy atom. The predicted molar refractivity (Wildman–Crippen MR) is 75.0 cm³/mol. The Morgan fingerprint density at radius 3 is 2.50 bits per heavy atom. The van der Waals surface area contributed by atoms with Crippen LogP contribution in [0.4, 0.5) is 11.4 Å². The molecule has 0 saturated heterocycles. The highest BCUT2D eigenvalue weighted by Gasteiger charge is 2.06. The Balaban J connectivity index is 2.11. The van der Waals surface area contributed by atoms with Crippen molar-refractivity contribution in [2.24, 2.45) is 0 Å². The van der Waals surface area contributed by atoms with Crippen LogP contribution in [0.1, 0.15) is 4.88 Å². The molecule has 0 aliphatic heterocycles. The van der Waals surface area contributed by atoms with Crippen molar-refractivity contribution >= 4 is 38.6 Å². The second-order valence-corrected chi connectivity index (χ2v) is 5.49. The normalized spacial score (nSPS) is 10.4. The van der Waals surface area contributed by atoms with E-state index in [2.05, 4.69) is 39.3 Å². The molecule has 1 heterocycles. The van der Waals surface area contributed by atoms with Crippen molar-refractivity contribution in [1.82, 2.24) is 0 Å². The molecule has 16 heavy (non-hydrogen) atoms. The Labute approximate surface area is 108 Å². The fourth-order valence-corrected chi connectivity index (χ4v) is 3.00. The zero-order valence-corrected chi connectivity index (χ0v) is 11.4. The zero-order valence-electron chi connectivity index (χ0n) is 8.98. The lowest BCUT2D eigenvalue weighted by Gasteiger charge is -2.18. The van der Waals surface area contributed by atoms with E-state index in [-0.39, 0.29) is 0 Å². The Kier molecular flexibility index (Phi) is 3.51. The molecule has 0 aliphatic carbocycles. The lowest BCUT2D eigenvalue weighted by atomic mass is 10.2. The number of rotatable bonds is 3. The van der Waals surface area contributed by atoms with E-state index in [0.717, 1.165) is 12.2 Å². The van der Waals surface area contributed by atoms with Crippen LogP contribution in [-0.2, 0) is 6.54 Å². The van der Waals surface area contributed by atoms with Crippen LogP contribution in [0.25, 0.3) is 0 Å². The van der Waals surface area contributed by atoms with Gasteiger partial charge in [0.05, 0.1) is 6.54 Å². The van der Waals surface area contributed by atoms with Crippen LogP contribution in [0.15, 0.2) is 40.2 Å². The minimum atomic E-state index is 0.800. The maximum atomic E-state index is 5.66. The van der Waals surface area contributed by atoms with Crippen molar-refractivity contribution in [1.29, 1.82) is 0 Å². The molecule has 0 fully saturated rings. The summed E-state index contributed by atoms with van der Waals surface area (Å²) < 4.78 is 1.18. The number of hydrogen-bond acceptors (Lipinski definition) is 3. The highest BCUT2D eigenvalue weighted by atomic mass is 79.9. The van der Waals surface area contributed by atoms with Crippen molar-refractivity contribution in [3.05, 3.63) is 45.1 Å². The van der Waals surface area contributed by atoms with Gasteiger partial charge in [0.2, 0.25) is 0 Å². The molecule has 0 amide bonds. The largest absolute Gasteiger partial charge is 0.399 e. The smallest absolute Gasteiger partial charge is 0.0530 e. The van der Waals surface area contributed by atoms with E-state index >= 15 is 0 Å². The van der Waals surface area contributed by atoms with Crippen molar-refractivity contribution < 1.29 is 0 Å². The molecule has 0 saturated carbocycles. The summed E-state index contributed by atoms with van der Waals surface area (Å²) >= 11 is 5.31. The first-order chi connectivity index (χ1) is 7.66. The summed E-state index contributed by atoms with van der Waals surface area (Å²) in [5.41, 5.74) is 7.64. The van der Waals surface area contributed by atoms with Crippen LogP contribution in [0.2, 0.25) is 0 Å². The van der Waals surface area contributed by atoms with E-state index in [1.807, 2.05) is 24.3 Å². The zero-order chi connectivity index (χ0) is 11.5. The molecule has 2 N–H and O–H groups in total. The number of anilines is 2. The predicted octanol–water partition coefficient (Wildman–Crippen LogP) is 3.73. The summed E-state index contributed by atoms with van der Waals surface area (Å²) in [5.74, 6) is 0. The van der Waals surface area contributed by atoms with E-state index in [4.69, 9.17) is 5.73 Å². The minimum Gasteiger partial charge on any atom is -0.399 e. The second-order valence-electron chi connectivity index (χ2n) is 3.64. The molecule has 0 spiro atoms. The van der Waals surface area contributed by atoms with Crippen molar-refractivity contribution in [2.75, 3.05) is 17.7 Å². The van der Waals surface area contributed by atoms with Gasteiger partial charge in [-0.25, -0.2) is 0 Å². The quantitative estimate of drug-likeness (QED) is 0.875. The van der Waals surface area contributed by atoms with Crippen molar-refractivity contribution in [3.8, 4) is 0 Å². The molecule has 0 atom stereocenters. The van der Waals surface area contributed by atoms with E-state index in [1.165, 1.54) is 15.0 Å². The van der Waals surface area contributed by atoms with Gasteiger partial charge in [-0.2, -0.15) is 0 Å². The average molecular weight is 297 g/mol. The molecule has 0 radical (unpaired) electrons. The molecule has 4 heteroatoms. The van der Waals surface area contributed by atoms with Crippen LogP contribution in [0.5, 0.6) is 0 Å². The van der Waals surface area contributed by atoms with Crippen LogP contribution in [0, 0.1) is 0 Å². The van der Waals surface area contributed by atoms with E-state index in [1.54, 1.807) is 11.3 Å². The van der Waals surface area contributed by atoms with Gasteiger partial charge in [0.1, 0.15) is 0 Å². The number of halogens is 1. The number of thiophene rings is 1. The molecule has 2 rings (SSSR count). The summed E-state index contributed by atoms with van der Waals surface area (Å²) in [6.45, 7) is 0.905. The van der Waals surface area contributed by atoms with Crippen molar-refractivity contribution in [2.45, 2.75) is 6.54 Å². The third-order valence-electron chi connectivity index (χ3n) is 2.41. The second kappa shape index (κ2) is 4.89. The summed E-state index contributed by atoms with van der Waals surface area (Å²) in [6.07, 6.45) is 0. The van der Waals surface area contributed by atoms with Gasteiger partial charge in [-0.15, -0.1) is 11.3 Å². The maximum absolute atomic E-state index is 5.66. The first-order valence-corrected chi connectivity index (χ1v) is 6.62. The average Bonchev–Trinajstić information content (AvgIpc) is 2.65. The van der Waals surface area contributed by atoms with Gasteiger partial charge < -0.3 is 10.6 Å². The highest BCUT2D eigenvalue weighted by molar-refractivity contribution is 9.10. The third kappa shape index (κ3) is 2.57. The van der Waals surface area contributed by atoms with Crippen LogP contribution in [0.3, 0.4) is 0 Å². The van der Waals surface area contributed by atoms with Gasteiger partial charge in [-0.05, 0) is 51.6 Å². The number of hydrogen-bond donors (Lipinski definition) is 1. The molecule has 0 unspecified atom stereocenters. The summed E-state index contributed by atoms with van der Waals surface area (Å²) in [7, 11) is 2.08. The molecule has 2 nitrogen and oxygen atoms in total. The first kappa shape index (κ1) is 11.5. The van der Waals surface area contributed by atoms with Gasteiger partial charge >= 0.3 is 0 Å². The first-order valence-electron chi connectivity index (χ1n) is 4.95. The lowest BCUT2D eigenvalue weighted by Crippen LogP contribution is -2.15. The molecule has 2 aromatic rings. The van der Waals surface area contributed by atoms with Crippen molar-refractivity contribution in [3.63, 3.8) is 0 Å². The number of benzene rings is 1. The Hall–Kier alpha value is -1.00. The fourth-order valence-electron chi connectivity index (χ4n) is 1.47. The summed E-state index contributed by atoms with van der Waals surface area (Å²) in [6, 6.07) is 10.0. The van der Waals surface area contributed by atoms with E-state index in [0.29, 0.717) is 0 Å². The molecular formula is C12H13BrN2S.